The molecule has 0 saturated carbocycles. The number of rotatable bonds is 4. The predicted octanol–water partition coefficient (Wildman–Crippen LogP) is 1.39. The normalized spacial score (nSPS) is 18.8. The molecule has 5 heteroatoms. The van der Waals surface area contributed by atoms with Gasteiger partial charge in [0.05, 0.1) is 0 Å². The van der Waals surface area contributed by atoms with Gasteiger partial charge >= 0.3 is 0 Å². The van der Waals surface area contributed by atoms with Gasteiger partial charge in [-0.3, -0.25) is 19.3 Å². The van der Waals surface area contributed by atoms with E-state index in [1.165, 1.54) is 17.7 Å². The third kappa shape index (κ3) is 3.67. The van der Waals surface area contributed by atoms with Crippen LogP contribution in [0.3, 0.4) is 0 Å². The number of nitrogens with zero attached hydrogens (tertiary/aromatic N) is 2. The average molecular weight is 312 g/mol. The maximum atomic E-state index is 12.3. The molecule has 23 heavy (non-hydrogen) atoms. The van der Waals surface area contributed by atoms with Crippen molar-refractivity contribution in [2.24, 2.45) is 5.92 Å². The molecule has 0 spiro atoms. The molecule has 0 aliphatic carbocycles. The molecule has 0 unspecified atom stereocenters. The third-order valence-electron chi connectivity index (χ3n) is 4.53. The van der Waals surface area contributed by atoms with E-state index in [1.54, 1.807) is 4.90 Å². The number of carbonyl (C=O) groups excluding carboxylic acids is 3. The number of imide groups is 1. The monoisotopic (exact) mass is 312 g/mol. The maximum Gasteiger partial charge on any atom is 0.254 e. The van der Waals surface area contributed by atoms with Gasteiger partial charge < -0.3 is 4.90 Å². The van der Waals surface area contributed by atoms with E-state index >= 15 is 0 Å². The second-order valence-electron chi connectivity index (χ2n) is 6.11. The molecule has 2 heterocycles. The zero-order chi connectivity index (χ0) is 16.2. The van der Waals surface area contributed by atoms with Gasteiger partial charge in [0.25, 0.3) is 11.8 Å². The molecule has 3 amide bonds. The quantitative estimate of drug-likeness (QED) is 0.790. The number of amides is 3. The highest BCUT2D eigenvalue weighted by Crippen LogP contribution is 2.22. The largest absolute Gasteiger partial charge is 0.341 e. The van der Waals surface area contributed by atoms with Crippen LogP contribution in [-0.4, -0.2) is 47.2 Å². The van der Waals surface area contributed by atoms with Crippen molar-refractivity contribution < 1.29 is 14.4 Å². The van der Waals surface area contributed by atoms with Gasteiger partial charge in [0, 0.05) is 25.2 Å². The molecule has 3 rings (SSSR count). The second kappa shape index (κ2) is 6.77. The summed E-state index contributed by atoms with van der Waals surface area (Å²) < 4.78 is 0. The van der Waals surface area contributed by atoms with Crippen molar-refractivity contribution in [1.82, 2.24) is 9.80 Å². The lowest BCUT2D eigenvalue weighted by atomic mass is 9.90. The summed E-state index contributed by atoms with van der Waals surface area (Å²) in [6.07, 6.45) is 5.38. The predicted molar refractivity (Wildman–Crippen MR) is 85.3 cm³/mol. The molecule has 0 radical (unpaired) electrons. The summed E-state index contributed by atoms with van der Waals surface area (Å²) in [7, 11) is 0. The van der Waals surface area contributed by atoms with Gasteiger partial charge in [-0.25, -0.2) is 0 Å². The van der Waals surface area contributed by atoms with Gasteiger partial charge in [-0.1, -0.05) is 30.3 Å². The van der Waals surface area contributed by atoms with E-state index in [9.17, 15) is 14.4 Å². The highest BCUT2D eigenvalue weighted by atomic mass is 16.2. The molecule has 1 aromatic carbocycles. The van der Waals surface area contributed by atoms with Crippen molar-refractivity contribution in [3.8, 4) is 0 Å². The van der Waals surface area contributed by atoms with Crippen molar-refractivity contribution in [2.45, 2.75) is 19.3 Å². The van der Waals surface area contributed by atoms with E-state index < -0.39 is 11.8 Å². The first-order valence-electron chi connectivity index (χ1n) is 7.99. The van der Waals surface area contributed by atoms with Crippen molar-refractivity contribution >= 4 is 17.7 Å². The van der Waals surface area contributed by atoms with Crippen LogP contribution in [0.4, 0.5) is 0 Å². The fourth-order valence-electron chi connectivity index (χ4n) is 3.16. The Bertz CT molecular complexity index is 613. The van der Waals surface area contributed by atoms with Crippen LogP contribution in [0.2, 0.25) is 0 Å². The van der Waals surface area contributed by atoms with E-state index in [0.29, 0.717) is 19.0 Å². The first kappa shape index (κ1) is 15.5. The van der Waals surface area contributed by atoms with E-state index in [1.807, 2.05) is 18.2 Å². The first-order chi connectivity index (χ1) is 11.1. The molecule has 2 aliphatic heterocycles. The fourth-order valence-corrected chi connectivity index (χ4v) is 3.16. The van der Waals surface area contributed by atoms with Crippen LogP contribution in [0.15, 0.2) is 42.5 Å². The van der Waals surface area contributed by atoms with Gasteiger partial charge in [-0.2, -0.15) is 0 Å². The van der Waals surface area contributed by atoms with E-state index in [4.69, 9.17) is 0 Å². The molecule has 120 valence electrons. The minimum Gasteiger partial charge on any atom is -0.341 e. The summed E-state index contributed by atoms with van der Waals surface area (Å²) in [6.45, 7) is 1.24. The summed E-state index contributed by atoms with van der Waals surface area (Å²) in [5, 5.41) is 0. The van der Waals surface area contributed by atoms with Crippen LogP contribution >= 0.6 is 0 Å². The van der Waals surface area contributed by atoms with E-state index in [2.05, 4.69) is 12.1 Å². The van der Waals surface area contributed by atoms with Gasteiger partial charge in [-0.15, -0.1) is 0 Å². The fraction of sp³-hybridized carbons (Fsp3) is 0.389. The lowest BCUT2D eigenvalue weighted by molar-refractivity contribution is -0.145. The number of hydrogen-bond donors (Lipinski definition) is 0. The Morgan fingerprint density at radius 3 is 2.22 bits per heavy atom. The van der Waals surface area contributed by atoms with Crippen LogP contribution in [0.25, 0.3) is 0 Å². The minimum atomic E-state index is -0.401. The van der Waals surface area contributed by atoms with Gasteiger partial charge in [0.1, 0.15) is 6.54 Å². The lowest BCUT2D eigenvalue weighted by Gasteiger charge is -2.33. The Balaban J connectivity index is 1.48. The van der Waals surface area contributed by atoms with Gasteiger partial charge in [-0.05, 0) is 30.7 Å². The van der Waals surface area contributed by atoms with E-state index in [-0.39, 0.29) is 12.5 Å². The molecule has 0 atom stereocenters. The van der Waals surface area contributed by atoms with E-state index in [0.717, 1.165) is 24.2 Å². The minimum absolute atomic E-state index is 0.145. The van der Waals surface area contributed by atoms with Gasteiger partial charge in [0.15, 0.2) is 0 Å². The molecule has 1 saturated heterocycles. The molecule has 0 aromatic heterocycles. The van der Waals surface area contributed by atoms with Crippen molar-refractivity contribution in [3.63, 3.8) is 0 Å². The molecule has 1 aromatic rings. The van der Waals surface area contributed by atoms with Crippen molar-refractivity contribution in [2.75, 3.05) is 19.6 Å². The first-order valence-corrected chi connectivity index (χ1v) is 7.99. The number of likely N-dealkylation sites (tertiary alicyclic amines) is 1. The SMILES string of the molecule is O=C(CN1C(=O)C=CC1=O)N1CCC(Cc2ccccc2)CC1. The number of benzene rings is 1. The Morgan fingerprint density at radius 2 is 1.61 bits per heavy atom. The maximum absolute atomic E-state index is 12.3. The molecular formula is C18H20N2O3. The Morgan fingerprint density at radius 1 is 1.00 bits per heavy atom. The Labute approximate surface area is 135 Å². The summed E-state index contributed by atoms with van der Waals surface area (Å²) in [4.78, 5) is 38.0. The topological polar surface area (TPSA) is 57.7 Å². The molecule has 0 bridgehead atoms. The second-order valence-corrected chi connectivity index (χ2v) is 6.11. The standard InChI is InChI=1S/C18H20N2O3/c21-16-6-7-17(22)20(16)13-18(23)19-10-8-15(9-11-19)12-14-4-2-1-3-5-14/h1-7,15H,8-13H2. The smallest absolute Gasteiger partial charge is 0.254 e. The van der Waals surface area contributed by atoms with Crippen molar-refractivity contribution in [1.29, 1.82) is 0 Å². The zero-order valence-electron chi connectivity index (χ0n) is 13.0. The van der Waals surface area contributed by atoms with Gasteiger partial charge in [0.2, 0.25) is 5.91 Å². The lowest BCUT2D eigenvalue weighted by Crippen LogP contribution is -2.45. The third-order valence-corrected chi connectivity index (χ3v) is 4.53. The van der Waals surface area contributed by atoms with Crippen LogP contribution < -0.4 is 0 Å². The Kier molecular flexibility index (Phi) is 4.55. The number of hydrogen-bond acceptors (Lipinski definition) is 3. The molecule has 5 nitrogen and oxygen atoms in total. The summed E-state index contributed by atoms with van der Waals surface area (Å²) >= 11 is 0. The van der Waals surface area contributed by atoms with Crippen LogP contribution in [0.1, 0.15) is 18.4 Å². The summed E-state index contributed by atoms with van der Waals surface area (Å²) in [5.41, 5.74) is 1.33. The molecular weight excluding hydrogens is 292 g/mol. The highest BCUT2D eigenvalue weighted by molar-refractivity contribution is 6.14. The van der Waals surface area contributed by atoms with Crippen LogP contribution in [0, 0.1) is 5.92 Å². The van der Waals surface area contributed by atoms with Crippen molar-refractivity contribution in [3.05, 3.63) is 48.0 Å². The Hall–Kier alpha value is -2.43. The molecule has 2 aliphatic rings. The van der Waals surface area contributed by atoms with Crippen LogP contribution in [0.5, 0.6) is 0 Å². The highest BCUT2D eigenvalue weighted by Gasteiger charge is 2.29. The summed E-state index contributed by atoms with van der Waals surface area (Å²) in [6, 6.07) is 10.4. The zero-order valence-corrected chi connectivity index (χ0v) is 13.0. The molecule has 1 fully saturated rings. The number of piperidine rings is 1. The summed E-state index contributed by atoms with van der Waals surface area (Å²) in [5.74, 6) is -0.364. The van der Waals surface area contributed by atoms with Crippen LogP contribution in [-0.2, 0) is 20.8 Å². The number of carbonyl (C=O) groups is 3. The molecule has 0 N–H and O–H groups in total. The average Bonchev–Trinajstić information content (AvgIpc) is 2.88.